The molecule has 29 heavy (non-hydrogen) atoms. The van der Waals surface area contributed by atoms with Crippen LogP contribution in [0.15, 0.2) is 97.3 Å². The number of nitrogens with zero attached hydrogens (tertiary/aromatic N) is 2. The molecule has 5 aromatic rings. The summed E-state index contributed by atoms with van der Waals surface area (Å²) in [6.45, 7) is 0. The van der Waals surface area contributed by atoms with Crippen LogP contribution in [0.5, 0.6) is 0 Å². The van der Waals surface area contributed by atoms with Crippen molar-refractivity contribution in [3.05, 3.63) is 103 Å². The Bertz CT molecular complexity index is 1340. The summed E-state index contributed by atoms with van der Waals surface area (Å²) in [5.74, 6) is 0. The lowest BCUT2D eigenvalue weighted by Gasteiger charge is -2.08. The minimum Gasteiger partial charge on any atom is -0.201 e. The second kappa shape index (κ2) is 6.48. The van der Waals surface area contributed by atoms with E-state index in [1.807, 2.05) is 82.0 Å². The molecule has 2 aromatic heterocycles. The number of halogens is 3. The van der Waals surface area contributed by atoms with Crippen molar-refractivity contribution in [2.45, 2.75) is 6.18 Å². The molecule has 0 aliphatic carbocycles. The molecule has 2 heterocycles. The van der Waals surface area contributed by atoms with Gasteiger partial charge in [-0.2, -0.15) is 17.7 Å². The van der Waals surface area contributed by atoms with E-state index in [-0.39, 0.29) is 0 Å². The highest BCUT2D eigenvalue weighted by Gasteiger charge is 2.32. The molecule has 142 valence electrons. The van der Waals surface area contributed by atoms with Crippen molar-refractivity contribution >= 4 is 16.4 Å². The quantitative estimate of drug-likeness (QED) is 0.325. The van der Waals surface area contributed by atoms with E-state index in [9.17, 15) is 13.2 Å². The maximum absolute atomic E-state index is 13.3. The number of rotatable bonds is 2. The van der Waals surface area contributed by atoms with E-state index in [2.05, 4.69) is 0 Å². The molecule has 0 saturated heterocycles. The molecule has 2 nitrogen and oxygen atoms in total. The summed E-state index contributed by atoms with van der Waals surface area (Å²) in [5.41, 5.74) is 2.35. The highest BCUT2D eigenvalue weighted by molar-refractivity contribution is 5.84. The van der Waals surface area contributed by atoms with E-state index in [4.69, 9.17) is 0 Å². The summed E-state index contributed by atoms with van der Waals surface area (Å²) in [6.07, 6.45) is -0.440. The van der Waals surface area contributed by atoms with Crippen molar-refractivity contribution in [3.63, 3.8) is 0 Å². The fourth-order valence-electron chi connectivity index (χ4n) is 3.69. The SMILES string of the molecule is FC(F)(F)c1cccc(-n2c(-c3ccccc3)c[n+]3cc4ccccc4cc23)c1. The molecule has 0 aliphatic heterocycles. The number of pyridine rings is 1. The summed E-state index contributed by atoms with van der Waals surface area (Å²) >= 11 is 0. The molecule has 0 N–H and O–H groups in total. The smallest absolute Gasteiger partial charge is 0.201 e. The van der Waals surface area contributed by atoms with Gasteiger partial charge in [-0.1, -0.05) is 60.7 Å². The number of imidazole rings is 1. The number of aromatic nitrogens is 2. The molecule has 0 radical (unpaired) electrons. The van der Waals surface area contributed by atoms with E-state index < -0.39 is 11.7 Å². The van der Waals surface area contributed by atoms with Crippen molar-refractivity contribution in [3.8, 4) is 16.9 Å². The number of hydrogen-bond acceptors (Lipinski definition) is 0. The van der Waals surface area contributed by atoms with Crippen molar-refractivity contribution < 1.29 is 17.6 Å². The Hall–Kier alpha value is -3.60. The Kier molecular flexibility index (Phi) is 3.91. The van der Waals surface area contributed by atoms with Gasteiger partial charge in [-0.05, 0) is 23.6 Å². The average Bonchev–Trinajstić information content (AvgIpc) is 3.10. The van der Waals surface area contributed by atoms with Gasteiger partial charge in [0.1, 0.15) is 18.1 Å². The second-order valence-electron chi connectivity index (χ2n) is 6.93. The molecule has 0 unspecified atom stereocenters. The molecular formula is C24H16F3N2+. The molecule has 0 atom stereocenters. The normalized spacial score (nSPS) is 12.0. The Labute approximate surface area is 165 Å². The molecule has 0 amide bonds. The van der Waals surface area contributed by atoms with Crippen LogP contribution in [0.4, 0.5) is 13.2 Å². The van der Waals surface area contributed by atoms with Gasteiger partial charge in [0, 0.05) is 17.0 Å². The van der Waals surface area contributed by atoms with Crippen LogP contribution in [0, 0.1) is 0 Å². The van der Waals surface area contributed by atoms with Crippen LogP contribution in [0.25, 0.3) is 33.4 Å². The van der Waals surface area contributed by atoms with Crippen molar-refractivity contribution in [1.82, 2.24) is 4.57 Å². The Morgan fingerprint density at radius 1 is 0.690 bits per heavy atom. The molecule has 5 heteroatoms. The van der Waals surface area contributed by atoms with E-state index in [0.29, 0.717) is 5.69 Å². The third kappa shape index (κ3) is 3.05. The monoisotopic (exact) mass is 389 g/mol. The van der Waals surface area contributed by atoms with E-state index in [1.165, 1.54) is 12.1 Å². The predicted octanol–water partition coefficient (Wildman–Crippen LogP) is 6.06. The fourth-order valence-corrected chi connectivity index (χ4v) is 3.69. The van der Waals surface area contributed by atoms with Crippen LogP contribution in [-0.2, 0) is 6.18 Å². The summed E-state index contributed by atoms with van der Waals surface area (Å²) in [7, 11) is 0. The van der Waals surface area contributed by atoms with Crippen LogP contribution in [-0.4, -0.2) is 4.57 Å². The van der Waals surface area contributed by atoms with Gasteiger partial charge in [0.15, 0.2) is 5.69 Å². The first-order valence-electron chi connectivity index (χ1n) is 9.19. The Morgan fingerprint density at radius 2 is 1.41 bits per heavy atom. The van der Waals surface area contributed by atoms with E-state index in [1.54, 1.807) is 6.07 Å². The zero-order valence-electron chi connectivity index (χ0n) is 15.3. The van der Waals surface area contributed by atoms with Crippen LogP contribution >= 0.6 is 0 Å². The number of fused-ring (bicyclic) bond motifs is 2. The first kappa shape index (κ1) is 17.5. The van der Waals surface area contributed by atoms with Crippen molar-refractivity contribution in [2.24, 2.45) is 0 Å². The minimum atomic E-state index is -4.40. The van der Waals surface area contributed by atoms with Crippen molar-refractivity contribution in [1.29, 1.82) is 0 Å². The number of hydrogen-bond donors (Lipinski definition) is 0. The van der Waals surface area contributed by atoms with Crippen molar-refractivity contribution in [2.75, 3.05) is 0 Å². The number of benzene rings is 3. The standard InChI is InChI=1S/C24H16F3N2/c25-24(26,27)20-11-6-12-21(14-20)29-22(17-7-2-1-3-8-17)16-28-15-19-10-5-4-9-18(19)13-23(28)29/h1-16H/q+1. The van der Waals surface area contributed by atoms with Gasteiger partial charge in [0.2, 0.25) is 0 Å². The number of alkyl halides is 3. The van der Waals surface area contributed by atoms with Gasteiger partial charge >= 0.3 is 6.18 Å². The lowest BCUT2D eigenvalue weighted by atomic mass is 10.1. The predicted molar refractivity (Wildman–Crippen MR) is 107 cm³/mol. The summed E-state index contributed by atoms with van der Waals surface area (Å²) in [5, 5.41) is 2.09. The molecule has 3 aromatic carbocycles. The first-order chi connectivity index (χ1) is 14.0. The molecular weight excluding hydrogens is 373 g/mol. The highest BCUT2D eigenvalue weighted by Crippen LogP contribution is 2.32. The maximum Gasteiger partial charge on any atom is 0.416 e. The molecule has 0 saturated carbocycles. The van der Waals surface area contributed by atoms with Gasteiger partial charge in [0.05, 0.1) is 5.56 Å². The maximum atomic E-state index is 13.3. The first-order valence-corrected chi connectivity index (χ1v) is 9.19. The largest absolute Gasteiger partial charge is 0.416 e. The van der Waals surface area contributed by atoms with Crippen LogP contribution in [0.3, 0.4) is 0 Å². The van der Waals surface area contributed by atoms with E-state index in [0.717, 1.165) is 33.7 Å². The molecule has 5 rings (SSSR count). The third-order valence-electron chi connectivity index (χ3n) is 5.06. The third-order valence-corrected chi connectivity index (χ3v) is 5.06. The van der Waals surface area contributed by atoms with Gasteiger partial charge in [0.25, 0.3) is 5.65 Å². The molecule has 0 fully saturated rings. The van der Waals surface area contributed by atoms with Crippen LogP contribution in [0.2, 0.25) is 0 Å². The zero-order chi connectivity index (χ0) is 20.0. The summed E-state index contributed by atoms with van der Waals surface area (Å²) < 4.78 is 43.9. The lowest BCUT2D eigenvalue weighted by Crippen LogP contribution is -2.18. The van der Waals surface area contributed by atoms with E-state index >= 15 is 0 Å². The summed E-state index contributed by atoms with van der Waals surface area (Å²) in [4.78, 5) is 0. The molecule has 0 aliphatic rings. The zero-order valence-corrected chi connectivity index (χ0v) is 15.3. The average molecular weight is 389 g/mol. The topological polar surface area (TPSA) is 9.03 Å². The highest BCUT2D eigenvalue weighted by atomic mass is 19.4. The van der Waals surface area contributed by atoms with Crippen LogP contribution < -0.4 is 4.40 Å². The fraction of sp³-hybridized carbons (Fsp3) is 0.0417. The Morgan fingerprint density at radius 3 is 2.17 bits per heavy atom. The Balaban J connectivity index is 1.86. The van der Waals surface area contributed by atoms with Gasteiger partial charge in [-0.15, -0.1) is 0 Å². The van der Waals surface area contributed by atoms with Gasteiger partial charge in [-0.25, -0.2) is 4.40 Å². The lowest BCUT2D eigenvalue weighted by molar-refractivity contribution is -0.508. The molecule has 0 bridgehead atoms. The molecule has 0 spiro atoms. The van der Waals surface area contributed by atoms with Crippen LogP contribution in [0.1, 0.15) is 5.56 Å². The summed E-state index contributed by atoms with van der Waals surface area (Å²) in [6, 6.07) is 25.1. The van der Waals surface area contributed by atoms with Gasteiger partial charge < -0.3 is 0 Å². The second-order valence-corrected chi connectivity index (χ2v) is 6.93. The minimum absolute atomic E-state index is 0.469. The van der Waals surface area contributed by atoms with Gasteiger partial charge in [-0.3, -0.25) is 0 Å².